The summed E-state index contributed by atoms with van der Waals surface area (Å²) in [5.41, 5.74) is 0. The fourth-order valence-corrected chi connectivity index (χ4v) is 4.82. The Morgan fingerprint density at radius 3 is 2.71 bits per heavy atom. The van der Waals surface area contributed by atoms with Crippen molar-refractivity contribution in [1.29, 1.82) is 0 Å². The van der Waals surface area contributed by atoms with Crippen molar-refractivity contribution in [1.82, 2.24) is 9.62 Å². The molecule has 118 valence electrons. The summed E-state index contributed by atoms with van der Waals surface area (Å²) in [6.07, 6.45) is 1.92. The number of nitrogens with one attached hydrogen (secondary N) is 1. The minimum Gasteiger partial charge on any atom is -0.316 e. The van der Waals surface area contributed by atoms with Crippen LogP contribution in [0.4, 0.5) is 8.78 Å². The molecule has 1 fully saturated rings. The van der Waals surface area contributed by atoms with Gasteiger partial charge < -0.3 is 5.32 Å². The lowest BCUT2D eigenvalue weighted by molar-refractivity contribution is 0.314. The minimum absolute atomic E-state index is 0.103. The molecule has 1 atom stereocenters. The molecule has 0 aliphatic carbocycles. The van der Waals surface area contributed by atoms with E-state index in [1.807, 2.05) is 0 Å². The molecule has 2 rings (SSSR count). The van der Waals surface area contributed by atoms with Crippen LogP contribution >= 0.6 is 15.9 Å². The molecule has 1 aliphatic rings. The van der Waals surface area contributed by atoms with Gasteiger partial charge in [-0.05, 0) is 53.8 Å². The van der Waals surface area contributed by atoms with Crippen LogP contribution in [0.2, 0.25) is 0 Å². The maximum atomic E-state index is 13.9. The van der Waals surface area contributed by atoms with E-state index in [0.717, 1.165) is 36.3 Å². The van der Waals surface area contributed by atoms with E-state index < -0.39 is 26.6 Å². The van der Waals surface area contributed by atoms with Crippen molar-refractivity contribution >= 4 is 26.0 Å². The van der Waals surface area contributed by atoms with Crippen LogP contribution in [0.1, 0.15) is 12.8 Å². The molecule has 0 radical (unpaired) electrons. The molecule has 1 aromatic rings. The largest absolute Gasteiger partial charge is 0.316 e. The lowest BCUT2D eigenvalue weighted by Gasteiger charge is -2.27. The number of sulfonamides is 1. The zero-order valence-corrected chi connectivity index (χ0v) is 14.0. The van der Waals surface area contributed by atoms with Gasteiger partial charge in [-0.15, -0.1) is 0 Å². The van der Waals surface area contributed by atoms with E-state index in [0.29, 0.717) is 12.6 Å². The zero-order valence-electron chi connectivity index (χ0n) is 11.6. The molecule has 1 N–H and O–H groups in total. The predicted molar refractivity (Wildman–Crippen MR) is 79.5 cm³/mol. The number of nitrogens with zero attached hydrogens (tertiary/aromatic N) is 1. The van der Waals surface area contributed by atoms with E-state index in [1.54, 1.807) is 0 Å². The molecule has 4 nitrogen and oxygen atoms in total. The molecule has 1 saturated heterocycles. The van der Waals surface area contributed by atoms with Gasteiger partial charge in [-0.2, -0.15) is 0 Å². The Morgan fingerprint density at radius 2 is 2.14 bits per heavy atom. The molecule has 0 aromatic heterocycles. The Balaban J connectivity index is 2.24. The van der Waals surface area contributed by atoms with Gasteiger partial charge >= 0.3 is 0 Å². The summed E-state index contributed by atoms with van der Waals surface area (Å²) in [4.78, 5) is -0.518. The molecular weight excluding hydrogens is 366 g/mol. The molecular formula is C13H17BrF2N2O2S. The van der Waals surface area contributed by atoms with Gasteiger partial charge in [0.1, 0.15) is 16.5 Å². The highest BCUT2D eigenvalue weighted by molar-refractivity contribution is 9.10. The minimum atomic E-state index is -4.00. The fourth-order valence-electron chi connectivity index (χ4n) is 2.47. The van der Waals surface area contributed by atoms with Crippen molar-refractivity contribution in [2.45, 2.75) is 17.7 Å². The Labute approximate surface area is 131 Å². The zero-order chi connectivity index (χ0) is 15.6. The van der Waals surface area contributed by atoms with Crippen molar-refractivity contribution in [2.24, 2.45) is 5.92 Å². The molecule has 1 aromatic carbocycles. The van der Waals surface area contributed by atoms with Crippen LogP contribution in [0, 0.1) is 17.6 Å². The first-order valence-electron chi connectivity index (χ1n) is 6.64. The van der Waals surface area contributed by atoms with E-state index in [-0.39, 0.29) is 10.4 Å². The number of benzene rings is 1. The molecule has 0 saturated carbocycles. The van der Waals surface area contributed by atoms with Crippen LogP contribution in [0.5, 0.6) is 0 Å². The second-order valence-corrected chi connectivity index (χ2v) is 8.03. The van der Waals surface area contributed by atoms with Gasteiger partial charge in [0.25, 0.3) is 0 Å². The molecule has 0 bridgehead atoms. The Bertz CT molecular complexity index is 596. The van der Waals surface area contributed by atoms with Gasteiger partial charge in [-0.3, -0.25) is 0 Å². The maximum absolute atomic E-state index is 13.9. The first-order chi connectivity index (χ1) is 9.82. The lowest BCUT2D eigenvalue weighted by Crippen LogP contribution is -2.39. The van der Waals surface area contributed by atoms with Gasteiger partial charge in [0.2, 0.25) is 10.0 Å². The first kappa shape index (κ1) is 16.8. The van der Waals surface area contributed by atoms with Gasteiger partial charge in [0.15, 0.2) is 0 Å². The summed E-state index contributed by atoms with van der Waals surface area (Å²) in [6.45, 7) is 1.98. The van der Waals surface area contributed by atoms with Gasteiger partial charge in [0, 0.05) is 24.1 Å². The highest BCUT2D eigenvalue weighted by atomic mass is 79.9. The SMILES string of the molecule is CN(CC1CCCNC1)S(=O)(=O)c1c(F)cc(F)cc1Br. The molecule has 0 spiro atoms. The lowest BCUT2D eigenvalue weighted by atomic mass is 10.00. The second-order valence-electron chi connectivity index (χ2n) is 5.20. The van der Waals surface area contributed by atoms with Crippen LogP contribution < -0.4 is 5.32 Å². The van der Waals surface area contributed by atoms with Crippen LogP contribution in [0.3, 0.4) is 0 Å². The number of rotatable bonds is 4. The van der Waals surface area contributed by atoms with Crippen molar-refractivity contribution in [3.63, 3.8) is 0 Å². The average Bonchev–Trinajstić information content (AvgIpc) is 2.38. The number of piperidine rings is 1. The summed E-state index contributed by atoms with van der Waals surface area (Å²) < 4.78 is 52.9. The van der Waals surface area contributed by atoms with Crippen LogP contribution in [-0.2, 0) is 10.0 Å². The predicted octanol–water partition coefficient (Wildman–Crippen LogP) is 2.35. The van der Waals surface area contributed by atoms with Crippen LogP contribution in [0.15, 0.2) is 21.5 Å². The fraction of sp³-hybridized carbons (Fsp3) is 0.538. The maximum Gasteiger partial charge on any atom is 0.246 e. The molecule has 1 aliphatic heterocycles. The number of hydrogen-bond donors (Lipinski definition) is 1. The van der Waals surface area contributed by atoms with E-state index in [4.69, 9.17) is 0 Å². The van der Waals surface area contributed by atoms with Crippen molar-refractivity contribution in [2.75, 3.05) is 26.7 Å². The molecule has 0 amide bonds. The summed E-state index contributed by atoms with van der Waals surface area (Å²) in [5, 5.41) is 3.21. The topological polar surface area (TPSA) is 49.4 Å². The van der Waals surface area contributed by atoms with E-state index in [2.05, 4.69) is 21.2 Å². The van der Waals surface area contributed by atoms with Crippen molar-refractivity contribution < 1.29 is 17.2 Å². The first-order valence-corrected chi connectivity index (χ1v) is 8.87. The van der Waals surface area contributed by atoms with Crippen LogP contribution in [-0.4, -0.2) is 39.4 Å². The Hall–Kier alpha value is -0.570. The highest BCUT2D eigenvalue weighted by Gasteiger charge is 2.29. The monoisotopic (exact) mass is 382 g/mol. The van der Waals surface area contributed by atoms with E-state index in [1.165, 1.54) is 7.05 Å². The van der Waals surface area contributed by atoms with Crippen molar-refractivity contribution in [3.05, 3.63) is 28.2 Å². The third kappa shape index (κ3) is 3.80. The molecule has 21 heavy (non-hydrogen) atoms. The average molecular weight is 383 g/mol. The molecule has 1 unspecified atom stereocenters. The van der Waals surface area contributed by atoms with Gasteiger partial charge in [-0.1, -0.05) is 0 Å². The Morgan fingerprint density at radius 1 is 1.43 bits per heavy atom. The molecule has 1 heterocycles. The smallest absolute Gasteiger partial charge is 0.246 e. The summed E-state index contributed by atoms with van der Waals surface area (Å²) in [5.74, 6) is -1.71. The summed E-state index contributed by atoms with van der Waals surface area (Å²) >= 11 is 2.93. The normalized spacial score (nSPS) is 20.0. The summed E-state index contributed by atoms with van der Waals surface area (Å²) in [6, 6.07) is 1.53. The van der Waals surface area contributed by atoms with Crippen LogP contribution in [0.25, 0.3) is 0 Å². The summed E-state index contributed by atoms with van der Waals surface area (Å²) in [7, 11) is -2.58. The Kier molecular flexibility index (Phi) is 5.34. The highest BCUT2D eigenvalue weighted by Crippen LogP contribution is 2.29. The van der Waals surface area contributed by atoms with Gasteiger partial charge in [0.05, 0.1) is 0 Å². The quantitative estimate of drug-likeness (QED) is 0.869. The van der Waals surface area contributed by atoms with E-state index in [9.17, 15) is 17.2 Å². The third-order valence-corrected chi connectivity index (χ3v) is 6.33. The second kappa shape index (κ2) is 6.68. The number of hydrogen-bond acceptors (Lipinski definition) is 3. The third-order valence-electron chi connectivity index (χ3n) is 3.55. The van der Waals surface area contributed by atoms with E-state index >= 15 is 0 Å². The number of halogens is 3. The van der Waals surface area contributed by atoms with Crippen molar-refractivity contribution in [3.8, 4) is 0 Å². The molecule has 8 heteroatoms. The standard InChI is InChI=1S/C13H17BrF2N2O2S/c1-18(8-9-3-2-4-17-7-9)21(19,20)13-11(14)5-10(15)6-12(13)16/h5-6,9,17H,2-4,7-8H2,1H3. The van der Waals surface area contributed by atoms with Gasteiger partial charge in [-0.25, -0.2) is 21.5 Å².